The van der Waals surface area contributed by atoms with Crippen molar-refractivity contribution in [2.24, 2.45) is 0 Å². The van der Waals surface area contributed by atoms with Crippen molar-refractivity contribution in [3.63, 3.8) is 0 Å². The minimum atomic E-state index is -0.106. The zero-order chi connectivity index (χ0) is 18.4. The lowest BCUT2D eigenvalue weighted by Gasteiger charge is -2.27. The number of nitrogens with zero attached hydrogens (tertiary/aromatic N) is 3. The molecule has 0 aliphatic carbocycles. The minimum Gasteiger partial charge on any atom is -0.495 e. The maximum absolute atomic E-state index is 12.3. The SMILES string of the molecule is COc1ccc(C)cc1NC(=O)CSc1cc(N2CCOCC2)ncn1. The van der Waals surface area contributed by atoms with Crippen LogP contribution in [0.3, 0.4) is 0 Å². The highest BCUT2D eigenvalue weighted by Gasteiger charge is 2.14. The molecule has 0 atom stereocenters. The summed E-state index contributed by atoms with van der Waals surface area (Å²) in [5.74, 6) is 1.67. The first-order valence-electron chi connectivity index (χ1n) is 8.38. The highest BCUT2D eigenvalue weighted by Crippen LogP contribution is 2.26. The molecule has 2 aromatic rings. The second-order valence-corrected chi connectivity index (χ2v) is 6.85. The molecule has 2 heterocycles. The summed E-state index contributed by atoms with van der Waals surface area (Å²) >= 11 is 1.38. The molecule has 1 N–H and O–H groups in total. The zero-order valence-corrected chi connectivity index (χ0v) is 15.7. The molecule has 1 aromatic carbocycles. The Hall–Kier alpha value is -2.32. The Kier molecular flexibility index (Phi) is 6.30. The number of carbonyl (C=O) groups excluding carboxylic acids is 1. The van der Waals surface area contributed by atoms with Gasteiger partial charge in [0.15, 0.2) is 0 Å². The van der Waals surface area contributed by atoms with E-state index < -0.39 is 0 Å². The number of methoxy groups -OCH3 is 1. The van der Waals surface area contributed by atoms with Gasteiger partial charge in [-0.1, -0.05) is 17.8 Å². The molecule has 1 aliphatic heterocycles. The first-order chi connectivity index (χ1) is 12.7. The topological polar surface area (TPSA) is 76.6 Å². The van der Waals surface area contributed by atoms with Gasteiger partial charge in [-0.05, 0) is 24.6 Å². The maximum atomic E-state index is 12.3. The summed E-state index contributed by atoms with van der Waals surface area (Å²) in [5, 5.41) is 3.67. The summed E-state index contributed by atoms with van der Waals surface area (Å²) in [4.78, 5) is 23.0. The quantitative estimate of drug-likeness (QED) is 0.614. The molecule has 1 amide bonds. The number of hydrogen-bond acceptors (Lipinski definition) is 7. The molecular formula is C18H22N4O3S. The third-order valence-electron chi connectivity index (χ3n) is 3.94. The summed E-state index contributed by atoms with van der Waals surface area (Å²) in [5.41, 5.74) is 1.73. The highest BCUT2D eigenvalue weighted by atomic mass is 32.2. The van der Waals surface area contributed by atoms with E-state index in [1.54, 1.807) is 7.11 Å². The second-order valence-electron chi connectivity index (χ2n) is 5.85. The predicted molar refractivity (Wildman–Crippen MR) is 102 cm³/mol. The van der Waals surface area contributed by atoms with Crippen LogP contribution in [0.25, 0.3) is 0 Å². The van der Waals surface area contributed by atoms with Crippen molar-refractivity contribution in [2.75, 3.05) is 49.4 Å². The van der Waals surface area contributed by atoms with Gasteiger partial charge in [-0.25, -0.2) is 9.97 Å². The van der Waals surface area contributed by atoms with Gasteiger partial charge < -0.3 is 19.7 Å². The Morgan fingerprint density at radius 1 is 1.31 bits per heavy atom. The molecule has 0 unspecified atom stereocenters. The first kappa shape index (κ1) is 18.5. The highest BCUT2D eigenvalue weighted by molar-refractivity contribution is 7.99. The van der Waals surface area contributed by atoms with Gasteiger partial charge in [0.25, 0.3) is 0 Å². The number of benzene rings is 1. The van der Waals surface area contributed by atoms with Gasteiger partial charge in [0.05, 0.1) is 31.8 Å². The van der Waals surface area contributed by atoms with Crippen LogP contribution in [0.1, 0.15) is 5.56 Å². The molecular weight excluding hydrogens is 352 g/mol. The Morgan fingerprint density at radius 2 is 2.12 bits per heavy atom. The molecule has 1 saturated heterocycles. The van der Waals surface area contributed by atoms with Crippen molar-refractivity contribution in [1.82, 2.24) is 9.97 Å². The standard InChI is InChI=1S/C18H22N4O3S/c1-13-3-4-15(24-2)14(9-13)21-17(23)11-26-18-10-16(19-12-20-18)22-5-7-25-8-6-22/h3-4,9-10,12H,5-8,11H2,1-2H3,(H,21,23). The molecule has 0 spiro atoms. The molecule has 1 aromatic heterocycles. The number of ether oxygens (including phenoxy) is 2. The lowest BCUT2D eigenvalue weighted by molar-refractivity contribution is -0.113. The molecule has 8 heteroatoms. The van der Waals surface area contributed by atoms with E-state index in [-0.39, 0.29) is 11.7 Å². The monoisotopic (exact) mass is 374 g/mol. The van der Waals surface area contributed by atoms with Crippen LogP contribution in [-0.2, 0) is 9.53 Å². The van der Waals surface area contributed by atoms with Gasteiger partial charge in [-0.2, -0.15) is 0 Å². The third kappa shape index (κ3) is 4.86. The fourth-order valence-electron chi connectivity index (χ4n) is 2.62. The van der Waals surface area contributed by atoms with Crippen LogP contribution in [0.2, 0.25) is 0 Å². The summed E-state index contributed by atoms with van der Waals surface area (Å²) in [6, 6.07) is 7.59. The number of carbonyl (C=O) groups is 1. The second kappa shape index (κ2) is 8.86. The van der Waals surface area contributed by atoms with E-state index in [2.05, 4.69) is 20.2 Å². The maximum Gasteiger partial charge on any atom is 0.234 e. The van der Waals surface area contributed by atoms with E-state index >= 15 is 0 Å². The number of anilines is 2. The molecule has 0 bridgehead atoms. The van der Waals surface area contributed by atoms with Crippen LogP contribution < -0.4 is 15.0 Å². The summed E-state index contributed by atoms with van der Waals surface area (Å²) < 4.78 is 10.6. The van der Waals surface area contributed by atoms with E-state index in [0.717, 1.165) is 29.5 Å². The average molecular weight is 374 g/mol. The Bertz CT molecular complexity index is 766. The van der Waals surface area contributed by atoms with E-state index in [1.807, 2.05) is 31.2 Å². The Labute approximate surface area is 157 Å². The predicted octanol–water partition coefficient (Wildman–Crippen LogP) is 2.36. The van der Waals surface area contributed by atoms with Crippen molar-refractivity contribution in [1.29, 1.82) is 0 Å². The Morgan fingerprint density at radius 3 is 2.88 bits per heavy atom. The van der Waals surface area contributed by atoms with Crippen LogP contribution in [0.5, 0.6) is 5.75 Å². The minimum absolute atomic E-state index is 0.106. The molecule has 0 saturated carbocycles. The number of thioether (sulfide) groups is 1. The fraction of sp³-hybridized carbons (Fsp3) is 0.389. The van der Waals surface area contributed by atoms with Crippen LogP contribution in [0.4, 0.5) is 11.5 Å². The van der Waals surface area contributed by atoms with E-state index in [1.165, 1.54) is 18.1 Å². The van der Waals surface area contributed by atoms with E-state index in [9.17, 15) is 4.79 Å². The number of aryl methyl sites for hydroxylation is 1. The largest absolute Gasteiger partial charge is 0.495 e. The lowest BCUT2D eigenvalue weighted by Crippen LogP contribution is -2.36. The molecule has 3 rings (SSSR count). The lowest BCUT2D eigenvalue weighted by atomic mass is 10.2. The number of nitrogens with one attached hydrogen (secondary N) is 1. The van der Waals surface area contributed by atoms with E-state index in [0.29, 0.717) is 24.7 Å². The number of morpholine rings is 1. The molecule has 7 nitrogen and oxygen atoms in total. The van der Waals surface area contributed by atoms with Crippen LogP contribution >= 0.6 is 11.8 Å². The van der Waals surface area contributed by atoms with Crippen molar-refractivity contribution in [3.8, 4) is 5.75 Å². The zero-order valence-electron chi connectivity index (χ0n) is 14.9. The van der Waals surface area contributed by atoms with E-state index in [4.69, 9.17) is 9.47 Å². The van der Waals surface area contributed by atoms with Crippen LogP contribution in [-0.4, -0.2) is 55.0 Å². The van der Waals surface area contributed by atoms with Gasteiger partial charge in [0.2, 0.25) is 5.91 Å². The number of aromatic nitrogens is 2. The van der Waals surface area contributed by atoms with Crippen molar-refractivity contribution < 1.29 is 14.3 Å². The van der Waals surface area contributed by atoms with Gasteiger partial charge in [0.1, 0.15) is 22.9 Å². The molecule has 138 valence electrons. The first-order valence-corrected chi connectivity index (χ1v) is 9.36. The third-order valence-corrected chi connectivity index (χ3v) is 4.87. The fourth-order valence-corrected chi connectivity index (χ4v) is 3.28. The molecule has 26 heavy (non-hydrogen) atoms. The Balaban J connectivity index is 1.58. The number of rotatable bonds is 6. The van der Waals surface area contributed by atoms with Gasteiger partial charge in [-0.15, -0.1) is 0 Å². The number of amides is 1. The molecule has 1 aliphatic rings. The van der Waals surface area contributed by atoms with Gasteiger partial charge in [-0.3, -0.25) is 4.79 Å². The average Bonchev–Trinajstić information content (AvgIpc) is 2.67. The van der Waals surface area contributed by atoms with Crippen LogP contribution in [0, 0.1) is 6.92 Å². The summed E-state index contributed by atoms with van der Waals surface area (Å²) in [6.45, 7) is 5.00. The number of hydrogen-bond donors (Lipinski definition) is 1. The molecule has 1 fully saturated rings. The van der Waals surface area contributed by atoms with Crippen molar-refractivity contribution in [3.05, 3.63) is 36.2 Å². The van der Waals surface area contributed by atoms with Crippen molar-refractivity contribution in [2.45, 2.75) is 11.9 Å². The van der Waals surface area contributed by atoms with Gasteiger partial charge >= 0.3 is 0 Å². The smallest absolute Gasteiger partial charge is 0.234 e. The molecule has 0 radical (unpaired) electrons. The summed E-state index contributed by atoms with van der Waals surface area (Å²) in [6.07, 6.45) is 1.54. The van der Waals surface area contributed by atoms with Gasteiger partial charge in [0, 0.05) is 19.2 Å². The normalized spacial score (nSPS) is 14.2. The summed E-state index contributed by atoms with van der Waals surface area (Å²) in [7, 11) is 1.59. The van der Waals surface area contributed by atoms with Crippen molar-refractivity contribution >= 4 is 29.2 Å². The van der Waals surface area contributed by atoms with Crippen LogP contribution in [0.15, 0.2) is 35.6 Å².